The van der Waals surface area contributed by atoms with E-state index < -0.39 is 5.92 Å². The Hall–Kier alpha value is -3.15. The second-order valence-corrected chi connectivity index (χ2v) is 6.93. The number of anilines is 1. The third-order valence-electron chi connectivity index (χ3n) is 4.99. The van der Waals surface area contributed by atoms with Gasteiger partial charge in [-0.2, -0.15) is 0 Å². The molecule has 0 aromatic heterocycles. The summed E-state index contributed by atoms with van der Waals surface area (Å²) in [7, 11) is 0. The van der Waals surface area contributed by atoms with Gasteiger partial charge in [0, 0.05) is 24.2 Å². The fraction of sp³-hybridized carbons (Fsp3) is 0.286. The minimum Gasteiger partial charge on any atom is -0.312 e. The van der Waals surface area contributed by atoms with E-state index in [1.165, 1.54) is 0 Å². The number of amides is 3. The van der Waals surface area contributed by atoms with E-state index >= 15 is 0 Å². The first-order valence-corrected chi connectivity index (χ1v) is 8.90. The van der Waals surface area contributed by atoms with Crippen LogP contribution in [0.2, 0.25) is 0 Å². The van der Waals surface area contributed by atoms with Gasteiger partial charge in [0.2, 0.25) is 11.8 Å². The molecule has 1 heterocycles. The summed E-state index contributed by atoms with van der Waals surface area (Å²) in [6.07, 6.45) is 0.124. The largest absolute Gasteiger partial charge is 0.312 e. The van der Waals surface area contributed by atoms with Crippen LogP contribution in [-0.4, -0.2) is 24.3 Å². The van der Waals surface area contributed by atoms with Gasteiger partial charge >= 0.3 is 0 Å². The Bertz CT molecular complexity index is 907. The number of hydrogen-bond donors (Lipinski definition) is 2. The Morgan fingerprint density at radius 3 is 2.41 bits per heavy atom. The molecular formula is C21H23N3O3. The van der Waals surface area contributed by atoms with Gasteiger partial charge in [-0.05, 0) is 55.7 Å². The minimum atomic E-state index is -0.503. The SMILES string of the molecule is Cc1ccc(N2C[C@@H](C(=O)NNC(=O)c3ccccc3C)CC2=O)cc1C. The molecule has 0 aliphatic carbocycles. The molecule has 0 spiro atoms. The van der Waals surface area contributed by atoms with Crippen molar-refractivity contribution in [2.45, 2.75) is 27.2 Å². The van der Waals surface area contributed by atoms with E-state index in [4.69, 9.17) is 0 Å². The van der Waals surface area contributed by atoms with E-state index in [9.17, 15) is 14.4 Å². The summed E-state index contributed by atoms with van der Waals surface area (Å²) >= 11 is 0. The number of carbonyl (C=O) groups is 3. The summed E-state index contributed by atoms with van der Waals surface area (Å²) < 4.78 is 0. The molecule has 2 aromatic rings. The van der Waals surface area contributed by atoms with Gasteiger partial charge in [0.05, 0.1) is 5.92 Å². The van der Waals surface area contributed by atoms with Gasteiger partial charge in [-0.1, -0.05) is 24.3 Å². The molecule has 1 atom stereocenters. The standard InChI is InChI=1S/C21H23N3O3/c1-13-8-9-17(10-15(13)3)24-12-16(11-19(24)25)20(26)22-23-21(27)18-7-5-4-6-14(18)2/h4-10,16H,11-12H2,1-3H3,(H,22,26)(H,23,27)/t16-/m0/s1. The van der Waals surface area contributed by atoms with Crippen LogP contribution >= 0.6 is 0 Å². The van der Waals surface area contributed by atoms with Crippen LogP contribution in [0.4, 0.5) is 5.69 Å². The highest BCUT2D eigenvalue weighted by atomic mass is 16.2. The molecule has 3 rings (SSSR count). The van der Waals surface area contributed by atoms with Gasteiger partial charge in [-0.15, -0.1) is 0 Å². The first-order valence-electron chi connectivity index (χ1n) is 8.90. The summed E-state index contributed by atoms with van der Waals surface area (Å²) in [5.74, 6) is -1.34. The number of benzene rings is 2. The number of aryl methyl sites for hydroxylation is 3. The highest BCUT2D eigenvalue weighted by molar-refractivity contribution is 6.01. The highest BCUT2D eigenvalue weighted by Crippen LogP contribution is 2.26. The molecule has 2 aromatic carbocycles. The van der Waals surface area contributed by atoms with E-state index in [0.29, 0.717) is 12.1 Å². The molecule has 1 aliphatic heterocycles. The lowest BCUT2D eigenvalue weighted by atomic mass is 10.1. The van der Waals surface area contributed by atoms with Crippen LogP contribution in [-0.2, 0) is 9.59 Å². The van der Waals surface area contributed by atoms with Crippen molar-refractivity contribution in [1.29, 1.82) is 0 Å². The van der Waals surface area contributed by atoms with E-state index in [-0.39, 0.29) is 24.1 Å². The summed E-state index contributed by atoms with van der Waals surface area (Å²) in [6.45, 7) is 6.13. The average molecular weight is 365 g/mol. The second-order valence-electron chi connectivity index (χ2n) is 6.93. The van der Waals surface area contributed by atoms with Crippen LogP contribution < -0.4 is 15.8 Å². The van der Waals surface area contributed by atoms with E-state index in [1.54, 1.807) is 17.0 Å². The van der Waals surface area contributed by atoms with Crippen LogP contribution in [0.25, 0.3) is 0 Å². The van der Waals surface area contributed by atoms with Gasteiger partial charge in [0.15, 0.2) is 0 Å². The molecule has 0 bridgehead atoms. The smallest absolute Gasteiger partial charge is 0.269 e. The van der Waals surface area contributed by atoms with Crippen LogP contribution in [0.5, 0.6) is 0 Å². The minimum absolute atomic E-state index is 0.0939. The third-order valence-corrected chi connectivity index (χ3v) is 4.99. The topological polar surface area (TPSA) is 78.5 Å². The van der Waals surface area contributed by atoms with Crippen molar-refractivity contribution in [3.63, 3.8) is 0 Å². The van der Waals surface area contributed by atoms with Crippen molar-refractivity contribution in [2.75, 3.05) is 11.4 Å². The lowest BCUT2D eigenvalue weighted by Gasteiger charge is -2.18. The molecule has 3 amide bonds. The zero-order valence-corrected chi connectivity index (χ0v) is 15.7. The van der Waals surface area contributed by atoms with Gasteiger partial charge in [0.1, 0.15) is 0 Å². The summed E-state index contributed by atoms with van der Waals surface area (Å²) in [5.41, 5.74) is 9.24. The first kappa shape index (κ1) is 18.6. The lowest BCUT2D eigenvalue weighted by molar-refractivity contribution is -0.126. The Kier molecular flexibility index (Phi) is 5.26. The van der Waals surface area contributed by atoms with Crippen molar-refractivity contribution >= 4 is 23.4 Å². The molecule has 6 heteroatoms. The van der Waals surface area contributed by atoms with Crippen LogP contribution in [0.3, 0.4) is 0 Å². The van der Waals surface area contributed by atoms with Gasteiger partial charge < -0.3 is 4.90 Å². The molecular weight excluding hydrogens is 342 g/mol. The average Bonchev–Trinajstić information content (AvgIpc) is 3.04. The molecule has 1 saturated heterocycles. The fourth-order valence-corrected chi connectivity index (χ4v) is 3.14. The molecule has 1 aliphatic rings. The predicted octanol–water partition coefficient (Wildman–Crippen LogP) is 2.43. The van der Waals surface area contributed by atoms with Gasteiger partial charge in [0.25, 0.3) is 5.91 Å². The van der Waals surface area contributed by atoms with Crippen molar-refractivity contribution in [2.24, 2.45) is 5.92 Å². The maximum atomic E-state index is 12.4. The van der Waals surface area contributed by atoms with Crippen molar-refractivity contribution in [1.82, 2.24) is 10.9 Å². The monoisotopic (exact) mass is 365 g/mol. The molecule has 27 heavy (non-hydrogen) atoms. The Morgan fingerprint density at radius 2 is 1.70 bits per heavy atom. The molecule has 0 radical (unpaired) electrons. The highest BCUT2D eigenvalue weighted by Gasteiger charge is 2.35. The van der Waals surface area contributed by atoms with E-state index in [0.717, 1.165) is 22.4 Å². The maximum Gasteiger partial charge on any atom is 0.269 e. The Morgan fingerprint density at radius 1 is 0.963 bits per heavy atom. The number of rotatable bonds is 3. The quantitative estimate of drug-likeness (QED) is 0.820. The van der Waals surface area contributed by atoms with E-state index in [1.807, 2.05) is 51.1 Å². The summed E-state index contributed by atoms with van der Waals surface area (Å²) in [6, 6.07) is 12.9. The molecule has 0 saturated carbocycles. The number of hydrazine groups is 1. The van der Waals surface area contributed by atoms with Crippen molar-refractivity contribution in [3.05, 3.63) is 64.7 Å². The normalized spacial score (nSPS) is 16.3. The van der Waals surface area contributed by atoms with Crippen molar-refractivity contribution < 1.29 is 14.4 Å². The first-order chi connectivity index (χ1) is 12.9. The van der Waals surface area contributed by atoms with Gasteiger partial charge in [-0.25, -0.2) is 0 Å². The van der Waals surface area contributed by atoms with Crippen LogP contribution in [0.15, 0.2) is 42.5 Å². The fourth-order valence-electron chi connectivity index (χ4n) is 3.14. The molecule has 6 nitrogen and oxygen atoms in total. The summed E-state index contributed by atoms with van der Waals surface area (Å²) in [5, 5.41) is 0. The molecule has 0 unspecified atom stereocenters. The number of nitrogens with zero attached hydrogens (tertiary/aromatic N) is 1. The third kappa shape index (κ3) is 4.00. The maximum absolute atomic E-state index is 12.4. The van der Waals surface area contributed by atoms with E-state index in [2.05, 4.69) is 10.9 Å². The van der Waals surface area contributed by atoms with Crippen LogP contribution in [0.1, 0.15) is 33.5 Å². The molecule has 2 N–H and O–H groups in total. The Balaban J connectivity index is 1.61. The zero-order chi connectivity index (χ0) is 19.6. The number of carbonyl (C=O) groups excluding carboxylic acids is 3. The lowest BCUT2D eigenvalue weighted by Crippen LogP contribution is -2.45. The second kappa shape index (κ2) is 7.61. The molecule has 140 valence electrons. The van der Waals surface area contributed by atoms with Crippen LogP contribution in [0, 0.1) is 26.7 Å². The molecule has 1 fully saturated rings. The Labute approximate surface area is 158 Å². The number of nitrogens with one attached hydrogen (secondary N) is 2. The van der Waals surface area contributed by atoms with Crippen molar-refractivity contribution in [3.8, 4) is 0 Å². The summed E-state index contributed by atoms with van der Waals surface area (Å²) in [4.78, 5) is 38.6. The zero-order valence-electron chi connectivity index (χ0n) is 15.7. The van der Waals surface area contributed by atoms with Gasteiger partial charge in [-0.3, -0.25) is 25.2 Å². The number of hydrogen-bond acceptors (Lipinski definition) is 3. The predicted molar refractivity (Wildman–Crippen MR) is 103 cm³/mol.